The number of rotatable bonds is 2. The third kappa shape index (κ3) is 2.02. The minimum absolute atomic E-state index is 0.561. The molecule has 3 rings (SSSR count). The molecular formula is C19H20. The molecule has 2 aromatic rings. The summed E-state index contributed by atoms with van der Waals surface area (Å²) < 4.78 is 0. The predicted molar refractivity (Wildman–Crippen MR) is 83.1 cm³/mol. The highest BCUT2D eigenvalue weighted by molar-refractivity contribution is 5.78. The number of hydrogen-bond acceptors (Lipinski definition) is 0. The lowest BCUT2D eigenvalue weighted by Crippen LogP contribution is -2.06. The van der Waals surface area contributed by atoms with Gasteiger partial charge in [-0.1, -0.05) is 74.0 Å². The van der Waals surface area contributed by atoms with E-state index in [1.54, 1.807) is 0 Å². The van der Waals surface area contributed by atoms with Crippen molar-refractivity contribution >= 4 is 6.08 Å². The first-order valence-electron chi connectivity index (χ1n) is 7.05. The van der Waals surface area contributed by atoms with Crippen molar-refractivity contribution in [3.05, 3.63) is 65.2 Å². The van der Waals surface area contributed by atoms with Gasteiger partial charge in [0, 0.05) is 5.92 Å². The van der Waals surface area contributed by atoms with Crippen LogP contribution in [0.5, 0.6) is 0 Å². The van der Waals surface area contributed by atoms with Crippen LogP contribution in [0, 0.1) is 5.92 Å². The summed E-state index contributed by atoms with van der Waals surface area (Å²) in [6, 6.07) is 17.4. The van der Waals surface area contributed by atoms with Crippen LogP contribution >= 0.6 is 0 Å². The standard InChI is InChI=1S/C19H20/c1-13(2)18-14(3)12-16-10-7-11-17(19(16)18)15-8-5-4-6-9-15/h4-13,18H,1-3H3. The van der Waals surface area contributed by atoms with E-state index in [9.17, 15) is 0 Å². The van der Waals surface area contributed by atoms with Gasteiger partial charge in [0.05, 0.1) is 0 Å². The quantitative estimate of drug-likeness (QED) is 0.657. The largest absolute Gasteiger partial charge is 0.0649 e. The second-order valence-corrected chi connectivity index (χ2v) is 5.78. The lowest BCUT2D eigenvalue weighted by Gasteiger charge is -2.22. The maximum atomic E-state index is 2.35. The number of hydrogen-bond donors (Lipinski definition) is 0. The maximum absolute atomic E-state index is 2.35. The molecule has 1 unspecified atom stereocenters. The highest BCUT2D eigenvalue weighted by Crippen LogP contribution is 2.45. The van der Waals surface area contributed by atoms with Crippen LogP contribution < -0.4 is 0 Å². The van der Waals surface area contributed by atoms with Crippen molar-refractivity contribution in [2.45, 2.75) is 26.7 Å². The monoisotopic (exact) mass is 248 g/mol. The highest BCUT2D eigenvalue weighted by atomic mass is 14.3. The third-order valence-corrected chi connectivity index (χ3v) is 4.08. The molecule has 1 aliphatic rings. The number of allylic oxidation sites excluding steroid dienone is 1. The maximum Gasteiger partial charge on any atom is 0.00838 e. The van der Waals surface area contributed by atoms with Crippen molar-refractivity contribution in [2.75, 3.05) is 0 Å². The average molecular weight is 248 g/mol. The fourth-order valence-corrected chi connectivity index (χ4v) is 3.35. The van der Waals surface area contributed by atoms with E-state index in [4.69, 9.17) is 0 Å². The molecule has 0 amide bonds. The second kappa shape index (κ2) is 4.70. The molecule has 0 heterocycles. The third-order valence-electron chi connectivity index (χ3n) is 4.08. The van der Waals surface area contributed by atoms with Crippen molar-refractivity contribution in [1.82, 2.24) is 0 Å². The molecule has 96 valence electrons. The number of fused-ring (bicyclic) bond motifs is 1. The van der Waals surface area contributed by atoms with E-state index in [2.05, 4.69) is 75.4 Å². The van der Waals surface area contributed by atoms with Crippen LogP contribution in [-0.2, 0) is 0 Å². The topological polar surface area (TPSA) is 0 Å². The summed E-state index contributed by atoms with van der Waals surface area (Å²) in [6.45, 7) is 6.90. The minimum atomic E-state index is 0.561. The summed E-state index contributed by atoms with van der Waals surface area (Å²) in [5.74, 6) is 1.20. The van der Waals surface area contributed by atoms with Gasteiger partial charge in [-0.15, -0.1) is 0 Å². The van der Waals surface area contributed by atoms with Gasteiger partial charge in [0.1, 0.15) is 0 Å². The van der Waals surface area contributed by atoms with Crippen LogP contribution in [0.1, 0.15) is 37.8 Å². The van der Waals surface area contributed by atoms with E-state index < -0.39 is 0 Å². The first kappa shape index (κ1) is 12.2. The van der Waals surface area contributed by atoms with Gasteiger partial charge in [0.25, 0.3) is 0 Å². The average Bonchev–Trinajstić information content (AvgIpc) is 2.75. The van der Waals surface area contributed by atoms with Gasteiger partial charge < -0.3 is 0 Å². The molecule has 1 atom stereocenters. The second-order valence-electron chi connectivity index (χ2n) is 5.78. The van der Waals surface area contributed by atoms with Crippen LogP contribution in [0.15, 0.2) is 54.1 Å². The summed E-state index contributed by atoms with van der Waals surface area (Å²) in [5.41, 5.74) is 7.13. The molecule has 0 radical (unpaired) electrons. The summed E-state index contributed by atoms with van der Waals surface area (Å²) in [4.78, 5) is 0. The first-order valence-corrected chi connectivity index (χ1v) is 7.05. The first-order chi connectivity index (χ1) is 9.18. The van der Waals surface area contributed by atoms with Gasteiger partial charge in [-0.3, -0.25) is 0 Å². The van der Waals surface area contributed by atoms with Crippen molar-refractivity contribution in [3.8, 4) is 11.1 Å². The van der Waals surface area contributed by atoms with E-state index in [0.29, 0.717) is 11.8 Å². The van der Waals surface area contributed by atoms with E-state index in [1.165, 1.54) is 27.8 Å². The zero-order valence-electron chi connectivity index (χ0n) is 11.9. The Balaban J connectivity index is 2.20. The minimum Gasteiger partial charge on any atom is -0.0649 e. The summed E-state index contributed by atoms with van der Waals surface area (Å²) in [7, 11) is 0. The van der Waals surface area contributed by atoms with E-state index in [0.717, 1.165) is 0 Å². The van der Waals surface area contributed by atoms with Gasteiger partial charge in [0.15, 0.2) is 0 Å². The van der Waals surface area contributed by atoms with E-state index in [1.807, 2.05) is 0 Å². The molecule has 0 spiro atoms. The Kier molecular flexibility index (Phi) is 3.02. The van der Waals surface area contributed by atoms with Crippen molar-refractivity contribution in [3.63, 3.8) is 0 Å². The Labute approximate surface area is 115 Å². The van der Waals surface area contributed by atoms with Crippen molar-refractivity contribution < 1.29 is 0 Å². The molecule has 0 nitrogen and oxygen atoms in total. The Morgan fingerprint density at radius 1 is 0.895 bits per heavy atom. The van der Waals surface area contributed by atoms with Crippen molar-refractivity contribution in [1.29, 1.82) is 0 Å². The summed E-state index contributed by atoms with van der Waals surface area (Å²) >= 11 is 0. The Bertz CT molecular complexity index is 618. The van der Waals surface area contributed by atoms with Gasteiger partial charge in [-0.05, 0) is 35.1 Å². The lowest BCUT2D eigenvalue weighted by molar-refractivity contribution is 0.564. The van der Waals surface area contributed by atoms with Gasteiger partial charge in [-0.2, -0.15) is 0 Å². The van der Waals surface area contributed by atoms with Gasteiger partial charge >= 0.3 is 0 Å². The molecule has 0 N–H and O–H groups in total. The van der Waals surface area contributed by atoms with E-state index in [-0.39, 0.29) is 0 Å². The molecule has 1 aliphatic carbocycles. The normalized spacial score (nSPS) is 17.5. The van der Waals surface area contributed by atoms with Crippen molar-refractivity contribution in [2.24, 2.45) is 5.92 Å². The number of benzene rings is 2. The van der Waals surface area contributed by atoms with Crippen LogP contribution in [0.2, 0.25) is 0 Å². The molecule has 0 heteroatoms. The molecular weight excluding hydrogens is 228 g/mol. The molecule has 19 heavy (non-hydrogen) atoms. The Hall–Kier alpha value is -1.82. The summed E-state index contributed by atoms with van der Waals surface area (Å²) in [6.07, 6.45) is 2.35. The predicted octanol–water partition coefficient (Wildman–Crippen LogP) is 5.51. The molecule has 0 fully saturated rings. The smallest absolute Gasteiger partial charge is 0.00838 e. The molecule has 0 bridgehead atoms. The molecule has 0 aliphatic heterocycles. The van der Waals surface area contributed by atoms with Crippen LogP contribution in [-0.4, -0.2) is 0 Å². The van der Waals surface area contributed by atoms with Gasteiger partial charge in [-0.25, -0.2) is 0 Å². The lowest BCUT2D eigenvalue weighted by atomic mass is 9.82. The zero-order valence-corrected chi connectivity index (χ0v) is 11.9. The van der Waals surface area contributed by atoms with Crippen LogP contribution in [0.25, 0.3) is 17.2 Å². The molecule has 2 aromatic carbocycles. The Morgan fingerprint density at radius 2 is 1.63 bits per heavy atom. The Morgan fingerprint density at radius 3 is 2.32 bits per heavy atom. The fraction of sp³-hybridized carbons (Fsp3) is 0.263. The molecule has 0 saturated carbocycles. The SMILES string of the molecule is CC1=Cc2cccc(-c3ccccc3)c2C1C(C)C. The van der Waals surface area contributed by atoms with E-state index >= 15 is 0 Å². The molecule has 0 saturated heterocycles. The van der Waals surface area contributed by atoms with Crippen LogP contribution in [0.3, 0.4) is 0 Å². The molecule has 0 aromatic heterocycles. The van der Waals surface area contributed by atoms with Crippen LogP contribution in [0.4, 0.5) is 0 Å². The summed E-state index contributed by atoms with van der Waals surface area (Å²) in [5, 5.41) is 0. The highest BCUT2D eigenvalue weighted by Gasteiger charge is 2.27. The fourth-order valence-electron chi connectivity index (χ4n) is 3.35. The van der Waals surface area contributed by atoms with Gasteiger partial charge in [0.2, 0.25) is 0 Å². The zero-order chi connectivity index (χ0) is 13.4.